The van der Waals surface area contributed by atoms with Crippen LogP contribution in [-0.2, 0) is 0 Å². The predicted octanol–water partition coefficient (Wildman–Crippen LogP) is 5.85. The summed E-state index contributed by atoms with van der Waals surface area (Å²) >= 11 is 0. The fourth-order valence-corrected chi connectivity index (χ4v) is 2.77. The molecule has 0 saturated carbocycles. The number of phenols is 1. The molecule has 0 aliphatic carbocycles. The van der Waals surface area contributed by atoms with Gasteiger partial charge in [-0.2, -0.15) is 0 Å². The van der Waals surface area contributed by atoms with Gasteiger partial charge in [0, 0.05) is 11.5 Å². The molecule has 0 heterocycles. The molecule has 2 nitrogen and oxygen atoms in total. The van der Waals surface area contributed by atoms with Crippen LogP contribution in [0.5, 0.6) is 5.75 Å². The average Bonchev–Trinajstić information content (AvgIpc) is 2.59. The van der Waals surface area contributed by atoms with Crippen LogP contribution in [0.25, 0.3) is 11.1 Å². The Balaban J connectivity index is 1.98. The Hall–Kier alpha value is -2.09. The van der Waals surface area contributed by atoms with Gasteiger partial charge in [-0.25, -0.2) is 0 Å². The zero-order valence-corrected chi connectivity index (χ0v) is 14.1. The van der Waals surface area contributed by atoms with Crippen molar-refractivity contribution in [3.63, 3.8) is 0 Å². The SMILES string of the molecule is CCCCCCC(C)C(=O)c1ccc(-c2ccc(O)cc2)cc1. The van der Waals surface area contributed by atoms with Crippen molar-refractivity contribution < 1.29 is 9.90 Å². The summed E-state index contributed by atoms with van der Waals surface area (Å²) in [6.45, 7) is 4.23. The smallest absolute Gasteiger partial charge is 0.165 e. The van der Waals surface area contributed by atoms with Gasteiger partial charge in [0.25, 0.3) is 0 Å². The number of rotatable bonds is 8. The standard InChI is InChI=1S/C21H26O2/c1-3-4-5-6-7-16(2)21(23)19-10-8-17(9-11-19)18-12-14-20(22)15-13-18/h8-16,22H,3-7H2,1-2H3. The van der Waals surface area contributed by atoms with E-state index in [-0.39, 0.29) is 17.5 Å². The van der Waals surface area contributed by atoms with Crippen LogP contribution in [0.1, 0.15) is 56.3 Å². The van der Waals surface area contributed by atoms with Gasteiger partial charge in [-0.15, -0.1) is 0 Å². The van der Waals surface area contributed by atoms with Gasteiger partial charge in [-0.05, 0) is 29.7 Å². The second-order valence-electron chi connectivity index (χ2n) is 6.24. The summed E-state index contributed by atoms with van der Waals surface area (Å²) in [7, 11) is 0. The van der Waals surface area contributed by atoms with E-state index >= 15 is 0 Å². The highest BCUT2D eigenvalue weighted by Gasteiger charge is 2.14. The van der Waals surface area contributed by atoms with E-state index in [9.17, 15) is 9.90 Å². The Morgan fingerprint density at radius 2 is 1.48 bits per heavy atom. The minimum atomic E-state index is 0.0892. The van der Waals surface area contributed by atoms with E-state index in [4.69, 9.17) is 0 Å². The van der Waals surface area contributed by atoms with Crippen LogP contribution in [0.4, 0.5) is 0 Å². The summed E-state index contributed by atoms with van der Waals surface area (Å²) in [5, 5.41) is 9.34. The van der Waals surface area contributed by atoms with Crippen molar-refractivity contribution in [3.8, 4) is 16.9 Å². The molecule has 2 heteroatoms. The number of unbranched alkanes of at least 4 members (excludes halogenated alkanes) is 3. The van der Waals surface area contributed by atoms with Crippen molar-refractivity contribution in [2.45, 2.75) is 46.0 Å². The molecule has 0 spiro atoms. The van der Waals surface area contributed by atoms with E-state index in [1.165, 1.54) is 19.3 Å². The molecule has 23 heavy (non-hydrogen) atoms. The van der Waals surface area contributed by atoms with Crippen LogP contribution in [0.2, 0.25) is 0 Å². The summed E-state index contributed by atoms with van der Waals surface area (Å²) in [5.41, 5.74) is 2.88. The van der Waals surface area contributed by atoms with Crippen molar-refractivity contribution in [1.29, 1.82) is 0 Å². The van der Waals surface area contributed by atoms with E-state index in [1.807, 2.05) is 43.3 Å². The Bertz CT molecular complexity index is 611. The van der Waals surface area contributed by atoms with Gasteiger partial charge >= 0.3 is 0 Å². The topological polar surface area (TPSA) is 37.3 Å². The molecule has 122 valence electrons. The normalized spacial score (nSPS) is 12.1. The van der Waals surface area contributed by atoms with Gasteiger partial charge < -0.3 is 5.11 Å². The third-order valence-corrected chi connectivity index (χ3v) is 4.31. The molecule has 2 aromatic carbocycles. The Morgan fingerprint density at radius 1 is 0.913 bits per heavy atom. The summed E-state index contributed by atoms with van der Waals surface area (Å²) in [6, 6.07) is 14.9. The van der Waals surface area contributed by atoms with E-state index in [2.05, 4.69) is 6.92 Å². The molecule has 0 aliphatic rings. The molecule has 0 radical (unpaired) electrons. The molecule has 0 amide bonds. The molecule has 0 aliphatic heterocycles. The lowest BCUT2D eigenvalue weighted by Gasteiger charge is -2.11. The Labute approximate surface area is 139 Å². The molecule has 0 fully saturated rings. The number of carbonyl (C=O) groups excluding carboxylic acids is 1. The van der Waals surface area contributed by atoms with Gasteiger partial charge in [-0.3, -0.25) is 4.79 Å². The maximum absolute atomic E-state index is 12.5. The zero-order valence-electron chi connectivity index (χ0n) is 14.1. The van der Waals surface area contributed by atoms with E-state index in [1.54, 1.807) is 12.1 Å². The highest BCUT2D eigenvalue weighted by Crippen LogP contribution is 2.23. The van der Waals surface area contributed by atoms with Crippen molar-refractivity contribution >= 4 is 5.78 Å². The van der Waals surface area contributed by atoms with Crippen molar-refractivity contribution in [2.24, 2.45) is 5.92 Å². The second kappa shape index (κ2) is 8.52. The van der Waals surface area contributed by atoms with Crippen molar-refractivity contribution in [2.75, 3.05) is 0 Å². The molecule has 2 rings (SSSR count). The lowest BCUT2D eigenvalue weighted by atomic mass is 9.93. The number of aromatic hydroxyl groups is 1. The monoisotopic (exact) mass is 310 g/mol. The summed E-state index contributed by atoms with van der Waals surface area (Å²) in [4.78, 5) is 12.5. The highest BCUT2D eigenvalue weighted by atomic mass is 16.3. The van der Waals surface area contributed by atoms with Crippen molar-refractivity contribution in [3.05, 3.63) is 54.1 Å². The molecule has 2 aromatic rings. The summed E-state index contributed by atoms with van der Waals surface area (Å²) in [5.74, 6) is 0.586. The molecular weight excluding hydrogens is 284 g/mol. The third kappa shape index (κ3) is 4.95. The number of phenolic OH excluding ortho intramolecular Hbond substituents is 1. The van der Waals surface area contributed by atoms with E-state index < -0.39 is 0 Å². The van der Waals surface area contributed by atoms with Crippen LogP contribution in [-0.4, -0.2) is 10.9 Å². The van der Waals surface area contributed by atoms with Gasteiger partial charge in [0.1, 0.15) is 5.75 Å². The first-order chi connectivity index (χ1) is 11.1. The Morgan fingerprint density at radius 3 is 2.04 bits per heavy atom. The van der Waals surface area contributed by atoms with Gasteiger partial charge in [0.05, 0.1) is 0 Å². The minimum Gasteiger partial charge on any atom is -0.508 e. The summed E-state index contributed by atoms with van der Waals surface area (Å²) < 4.78 is 0. The number of benzene rings is 2. The molecule has 0 bridgehead atoms. The summed E-state index contributed by atoms with van der Waals surface area (Å²) in [6.07, 6.45) is 5.79. The quantitative estimate of drug-likeness (QED) is 0.490. The van der Waals surface area contributed by atoms with Gasteiger partial charge in [-0.1, -0.05) is 75.9 Å². The van der Waals surface area contributed by atoms with E-state index in [0.29, 0.717) is 0 Å². The van der Waals surface area contributed by atoms with Crippen LogP contribution in [0.3, 0.4) is 0 Å². The fourth-order valence-electron chi connectivity index (χ4n) is 2.77. The highest BCUT2D eigenvalue weighted by molar-refractivity contribution is 5.98. The van der Waals surface area contributed by atoms with Crippen LogP contribution in [0.15, 0.2) is 48.5 Å². The molecule has 1 N–H and O–H groups in total. The maximum atomic E-state index is 12.5. The predicted molar refractivity (Wildman–Crippen MR) is 95.8 cm³/mol. The maximum Gasteiger partial charge on any atom is 0.165 e. The van der Waals surface area contributed by atoms with Crippen LogP contribution < -0.4 is 0 Å². The van der Waals surface area contributed by atoms with Crippen LogP contribution >= 0.6 is 0 Å². The molecule has 1 atom stereocenters. The average molecular weight is 310 g/mol. The lowest BCUT2D eigenvalue weighted by molar-refractivity contribution is 0.0922. The number of hydrogen-bond acceptors (Lipinski definition) is 2. The first-order valence-electron chi connectivity index (χ1n) is 8.55. The number of ketones is 1. The fraction of sp³-hybridized carbons (Fsp3) is 0.381. The third-order valence-electron chi connectivity index (χ3n) is 4.31. The molecule has 0 aromatic heterocycles. The number of carbonyl (C=O) groups is 1. The van der Waals surface area contributed by atoms with Crippen molar-refractivity contribution in [1.82, 2.24) is 0 Å². The molecule has 1 unspecified atom stereocenters. The Kier molecular flexibility index (Phi) is 6.40. The minimum absolute atomic E-state index is 0.0892. The number of hydrogen-bond donors (Lipinski definition) is 1. The van der Waals surface area contributed by atoms with Gasteiger partial charge in [0.2, 0.25) is 0 Å². The zero-order chi connectivity index (χ0) is 16.7. The first-order valence-corrected chi connectivity index (χ1v) is 8.55. The van der Waals surface area contributed by atoms with E-state index in [0.717, 1.165) is 29.5 Å². The largest absolute Gasteiger partial charge is 0.508 e. The second-order valence-corrected chi connectivity index (χ2v) is 6.24. The molecular formula is C21H26O2. The molecule has 0 saturated heterocycles. The number of Topliss-reactive ketones (excluding diaryl/α,β-unsaturated/α-hetero) is 1. The first kappa shape index (κ1) is 17.3. The lowest BCUT2D eigenvalue weighted by Crippen LogP contribution is -2.11. The van der Waals surface area contributed by atoms with Crippen LogP contribution in [0, 0.1) is 5.92 Å². The van der Waals surface area contributed by atoms with Gasteiger partial charge in [0.15, 0.2) is 5.78 Å².